The summed E-state index contributed by atoms with van der Waals surface area (Å²) < 4.78 is 0. The van der Waals surface area contributed by atoms with E-state index in [0.717, 1.165) is 24.4 Å². The Hall–Kier alpha value is -0.0400. The van der Waals surface area contributed by atoms with Crippen LogP contribution in [-0.2, 0) is 0 Å². The Labute approximate surface area is 89.7 Å². The van der Waals surface area contributed by atoms with Gasteiger partial charge in [0.1, 0.15) is 0 Å². The van der Waals surface area contributed by atoms with Crippen LogP contribution in [0.25, 0.3) is 0 Å². The first-order valence-corrected chi connectivity index (χ1v) is 6.26. The molecule has 0 aromatic carbocycles. The van der Waals surface area contributed by atoms with Gasteiger partial charge in [-0.1, -0.05) is 41.0 Å². The molecule has 0 aliphatic heterocycles. The van der Waals surface area contributed by atoms with Gasteiger partial charge in [0.05, 0.1) is 0 Å². The largest absolute Gasteiger partial charge is 0.314 e. The van der Waals surface area contributed by atoms with Crippen LogP contribution >= 0.6 is 0 Å². The minimum absolute atomic E-state index is 0.606. The van der Waals surface area contributed by atoms with Crippen molar-refractivity contribution < 1.29 is 0 Å². The van der Waals surface area contributed by atoms with E-state index >= 15 is 0 Å². The van der Waals surface area contributed by atoms with Crippen LogP contribution in [0, 0.1) is 17.3 Å². The van der Waals surface area contributed by atoms with Gasteiger partial charge in [-0.15, -0.1) is 0 Å². The molecule has 0 bridgehead atoms. The Bertz CT molecular complexity index is 174. The lowest BCUT2D eigenvalue weighted by atomic mass is 9.90. The highest BCUT2D eigenvalue weighted by atomic mass is 14.9. The van der Waals surface area contributed by atoms with Crippen LogP contribution in [0.3, 0.4) is 0 Å². The van der Waals surface area contributed by atoms with Crippen LogP contribution in [0.5, 0.6) is 0 Å². The third-order valence-electron chi connectivity index (χ3n) is 3.82. The first-order valence-electron chi connectivity index (χ1n) is 6.26. The highest BCUT2D eigenvalue weighted by molar-refractivity contribution is 5.02. The van der Waals surface area contributed by atoms with E-state index in [1.165, 1.54) is 19.3 Å². The monoisotopic (exact) mass is 197 g/mol. The Morgan fingerprint density at radius 3 is 2.29 bits per heavy atom. The predicted octanol–water partition coefficient (Wildman–Crippen LogP) is 3.45. The fourth-order valence-corrected chi connectivity index (χ4v) is 2.73. The SMILES string of the molecule is CCCC(C)C(NCC)C1CC1(C)C. The van der Waals surface area contributed by atoms with Crippen molar-refractivity contribution in [3.8, 4) is 0 Å². The maximum absolute atomic E-state index is 3.68. The molecular weight excluding hydrogens is 170 g/mol. The van der Waals surface area contributed by atoms with Gasteiger partial charge in [0.15, 0.2) is 0 Å². The van der Waals surface area contributed by atoms with Gasteiger partial charge < -0.3 is 5.32 Å². The van der Waals surface area contributed by atoms with Gasteiger partial charge in [0.25, 0.3) is 0 Å². The zero-order valence-electron chi connectivity index (χ0n) is 10.6. The highest BCUT2D eigenvalue weighted by Gasteiger charge is 2.50. The second-order valence-corrected chi connectivity index (χ2v) is 5.65. The molecule has 1 heteroatoms. The lowest BCUT2D eigenvalue weighted by molar-refractivity contribution is 0.299. The first-order chi connectivity index (χ1) is 6.53. The molecule has 84 valence electrons. The molecule has 14 heavy (non-hydrogen) atoms. The summed E-state index contributed by atoms with van der Waals surface area (Å²) in [6.07, 6.45) is 4.10. The maximum atomic E-state index is 3.68. The van der Waals surface area contributed by atoms with E-state index < -0.39 is 0 Å². The minimum Gasteiger partial charge on any atom is -0.314 e. The second-order valence-electron chi connectivity index (χ2n) is 5.65. The van der Waals surface area contributed by atoms with Crippen molar-refractivity contribution in [1.82, 2.24) is 5.32 Å². The average molecular weight is 197 g/mol. The summed E-state index contributed by atoms with van der Waals surface area (Å²) in [6.45, 7) is 12.8. The number of hydrogen-bond acceptors (Lipinski definition) is 1. The summed E-state index contributed by atoms with van der Waals surface area (Å²) in [4.78, 5) is 0. The average Bonchev–Trinajstić information content (AvgIpc) is 2.71. The van der Waals surface area contributed by atoms with Gasteiger partial charge in [-0.25, -0.2) is 0 Å². The van der Waals surface area contributed by atoms with Crippen LogP contribution in [0.2, 0.25) is 0 Å². The van der Waals surface area contributed by atoms with Crippen molar-refractivity contribution in [2.45, 2.75) is 59.9 Å². The number of nitrogens with one attached hydrogen (secondary N) is 1. The summed E-state index contributed by atoms with van der Waals surface area (Å²) in [6, 6.07) is 0.759. The zero-order valence-corrected chi connectivity index (χ0v) is 10.6. The Morgan fingerprint density at radius 2 is 1.93 bits per heavy atom. The summed E-state index contributed by atoms with van der Waals surface area (Å²) >= 11 is 0. The van der Waals surface area contributed by atoms with E-state index in [-0.39, 0.29) is 0 Å². The molecule has 1 rings (SSSR count). The fraction of sp³-hybridized carbons (Fsp3) is 1.00. The quantitative estimate of drug-likeness (QED) is 0.688. The molecule has 0 saturated heterocycles. The standard InChI is InChI=1S/C13H27N/c1-6-8-10(3)12(14-7-2)11-9-13(11,4)5/h10-12,14H,6-9H2,1-5H3. The van der Waals surface area contributed by atoms with Crippen molar-refractivity contribution >= 4 is 0 Å². The van der Waals surface area contributed by atoms with Crippen LogP contribution in [-0.4, -0.2) is 12.6 Å². The van der Waals surface area contributed by atoms with E-state index in [9.17, 15) is 0 Å². The Kier molecular flexibility index (Phi) is 4.00. The molecule has 1 aliphatic carbocycles. The van der Waals surface area contributed by atoms with Gasteiger partial charge in [-0.05, 0) is 36.6 Å². The van der Waals surface area contributed by atoms with Gasteiger partial charge in [-0.3, -0.25) is 0 Å². The normalized spacial score (nSPS) is 28.5. The summed E-state index contributed by atoms with van der Waals surface area (Å²) in [5, 5.41) is 3.68. The zero-order chi connectivity index (χ0) is 10.8. The third kappa shape index (κ3) is 2.73. The van der Waals surface area contributed by atoms with E-state index in [4.69, 9.17) is 0 Å². The second kappa shape index (κ2) is 4.65. The summed E-state index contributed by atoms with van der Waals surface area (Å²) in [7, 11) is 0. The van der Waals surface area contributed by atoms with Crippen molar-refractivity contribution in [3.63, 3.8) is 0 Å². The number of hydrogen-bond donors (Lipinski definition) is 1. The maximum Gasteiger partial charge on any atom is 0.0126 e. The molecule has 1 aliphatic rings. The van der Waals surface area contributed by atoms with Crippen LogP contribution < -0.4 is 5.32 Å². The van der Waals surface area contributed by atoms with E-state index in [1.54, 1.807) is 0 Å². The van der Waals surface area contributed by atoms with Crippen molar-refractivity contribution in [2.75, 3.05) is 6.54 Å². The third-order valence-corrected chi connectivity index (χ3v) is 3.82. The molecule has 1 nitrogen and oxygen atoms in total. The molecule has 1 N–H and O–H groups in total. The van der Waals surface area contributed by atoms with E-state index in [0.29, 0.717) is 5.41 Å². The molecule has 1 fully saturated rings. The van der Waals surface area contributed by atoms with Gasteiger partial charge >= 0.3 is 0 Å². The van der Waals surface area contributed by atoms with Crippen LogP contribution in [0.4, 0.5) is 0 Å². The number of rotatable bonds is 6. The molecule has 0 aromatic heterocycles. The Balaban J connectivity index is 2.47. The van der Waals surface area contributed by atoms with Gasteiger partial charge in [0.2, 0.25) is 0 Å². The molecule has 0 amide bonds. The van der Waals surface area contributed by atoms with Crippen LogP contribution in [0.1, 0.15) is 53.9 Å². The highest BCUT2D eigenvalue weighted by Crippen LogP contribution is 2.55. The molecular formula is C13H27N. The van der Waals surface area contributed by atoms with Crippen LogP contribution in [0.15, 0.2) is 0 Å². The molecule has 0 radical (unpaired) electrons. The Morgan fingerprint density at radius 1 is 1.36 bits per heavy atom. The molecule has 1 saturated carbocycles. The van der Waals surface area contributed by atoms with Gasteiger partial charge in [-0.2, -0.15) is 0 Å². The molecule has 0 aromatic rings. The van der Waals surface area contributed by atoms with E-state index in [2.05, 4.69) is 39.9 Å². The first kappa shape index (κ1) is 12.0. The minimum atomic E-state index is 0.606. The molecule has 3 unspecified atom stereocenters. The lowest BCUT2D eigenvalue weighted by Gasteiger charge is -2.26. The summed E-state index contributed by atoms with van der Waals surface area (Å²) in [5.74, 6) is 1.76. The van der Waals surface area contributed by atoms with Gasteiger partial charge in [0, 0.05) is 6.04 Å². The van der Waals surface area contributed by atoms with Crippen molar-refractivity contribution in [2.24, 2.45) is 17.3 Å². The van der Waals surface area contributed by atoms with Crippen molar-refractivity contribution in [1.29, 1.82) is 0 Å². The van der Waals surface area contributed by atoms with Crippen molar-refractivity contribution in [3.05, 3.63) is 0 Å². The molecule has 0 heterocycles. The topological polar surface area (TPSA) is 12.0 Å². The molecule has 3 atom stereocenters. The predicted molar refractivity (Wildman–Crippen MR) is 63.4 cm³/mol. The smallest absolute Gasteiger partial charge is 0.0126 e. The molecule has 0 spiro atoms. The summed E-state index contributed by atoms with van der Waals surface area (Å²) in [5.41, 5.74) is 0.606. The van der Waals surface area contributed by atoms with E-state index in [1.807, 2.05) is 0 Å². The fourth-order valence-electron chi connectivity index (χ4n) is 2.73. The lowest BCUT2D eigenvalue weighted by Crippen LogP contribution is -2.38.